The SMILES string of the molecule is CCCCN1C(=O)[C@@H](CC2(O)CCCCC2)NC(=O)C12CCN(CCCCCc1ccc(NS(C)(=O)=O)cc1)CC2. The van der Waals surface area contributed by atoms with Crippen LogP contribution < -0.4 is 10.0 Å². The van der Waals surface area contributed by atoms with Crippen LogP contribution in [0.4, 0.5) is 5.69 Å². The molecule has 1 aromatic carbocycles. The maximum Gasteiger partial charge on any atom is 0.246 e. The van der Waals surface area contributed by atoms with Gasteiger partial charge in [0.15, 0.2) is 0 Å². The van der Waals surface area contributed by atoms with E-state index < -0.39 is 27.2 Å². The molecule has 1 aromatic rings. The first kappa shape index (κ1) is 31.8. The van der Waals surface area contributed by atoms with Crippen LogP contribution in [0.25, 0.3) is 0 Å². The van der Waals surface area contributed by atoms with Crippen LogP contribution in [0.3, 0.4) is 0 Å². The van der Waals surface area contributed by atoms with Gasteiger partial charge in [0, 0.05) is 31.7 Å². The van der Waals surface area contributed by atoms with Gasteiger partial charge in [0.05, 0.1) is 11.9 Å². The van der Waals surface area contributed by atoms with Crippen LogP contribution in [-0.2, 0) is 26.0 Å². The number of carbonyl (C=O) groups is 2. The quantitative estimate of drug-likeness (QED) is 0.301. The molecular formula is C31H50N4O5S. The number of amides is 2. The maximum absolute atomic E-state index is 13.7. The largest absolute Gasteiger partial charge is 0.390 e. The van der Waals surface area contributed by atoms with Crippen LogP contribution in [0.1, 0.15) is 96.0 Å². The zero-order chi connectivity index (χ0) is 29.5. The molecule has 0 radical (unpaired) electrons. The standard InChI is InChI=1S/C31H50N4O5S/c1-3-4-21-35-28(36)27(24-30(38)16-8-6-9-17-30)32-29(37)31(35)18-22-34(23-19-31)20-10-5-7-11-25-12-14-26(15-13-25)33-41(2,39)40/h12-15,27,33,38H,3-11,16-24H2,1-2H3,(H,32,37)/t27-/m1/s1. The minimum Gasteiger partial charge on any atom is -0.390 e. The van der Waals surface area contributed by atoms with Crippen LogP contribution in [0.2, 0.25) is 0 Å². The number of sulfonamides is 1. The van der Waals surface area contributed by atoms with Gasteiger partial charge < -0.3 is 20.2 Å². The molecule has 1 saturated carbocycles. The molecule has 2 heterocycles. The summed E-state index contributed by atoms with van der Waals surface area (Å²) in [4.78, 5) is 31.7. The Labute approximate surface area is 246 Å². The molecule has 4 rings (SSSR count). The molecule has 1 atom stereocenters. The van der Waals surface area contributed by atoms with Gasteiger partial charge in [0.2, 0.25) is 21.8 Å². The number of anilines is 1. The molecule has 1 aliphatic carbocycles. The highest BCUT2D eigenvalue weighted by Crippen LogP contribution is 2.37. The lowest BCUT2D eigenvalue weighted by molar-refractivity contribution is -0.163. The van der Waals surface area contributed by atoms with Crippen LogP contribution in [0.5, 0.6) is 0 Å². The number of rotatable bonds is 13. The summed E-state index contributed by atoms with van der Waals surface area (Å²) in [5, 5.41) is 14.2. The van der Waals surface area contributed by atoms with Crippen molar-refractivity contribution in [2.24, 2.45) is 0 Å². The van der Waals surface area contributed by atoms with Crippen molar-refractivity contribution >= 4 is 27.5 Å². The Morgan fingerprint density at radius 3 is 2.27 bits per heavy atom. The van der Waals surface area contributed by atoms with Crippen molar-refractivity contribution in [1.82, 2.24) is 15.1 Å². The monoisotopic (exact) mass is 590 g/mol. The Morgan fingerprint density at radius 2 is 1.63 bits per heavy atom. The highest BCUT2D eigenvalue weighted by molar-refractivity contribution is 7.92. The number of aliphatic hydroxyl groups is 1. The van der Waals surface area contributed by atoms with Crippen molar-refractivity contribution in [3.8, 4) is 0 Å². The number of nitrogens with one attached hydrogen (secondary N) is 2. The summed E-state index contributed by atoms with van der Waals surface area (Å²) in [6.07, 6.45) is 13.3. The van der Waals surface area contributed by atoms with E-state index in [2.05, 4.69) is 21.9 Å². The third kappa shape index (κ3) is 8.45. The van der Waals surface area contributed by atoms with Crippen LogP contribution in [0, 0.1) is 0 Å². The summed E-state index contributed by atoms with van der Waals surface area (Å²) in [6, 6.07) is 6.92. The molecule has 0 aromatic heterocycles. The number of hydrogen-bond donors (Lipinski definition) is 3. The van der Waals surface area contributed by atoms with Crippen molar-refractivity contribution in [1.29, 1.82) is 0 Å². The Balaban J connectivity index is 1.25. The van der Waals surface area contributed by atoms with E-state index in [1.54, 1.807) is 12.1 Å². The predicted molar refractivity (Wildman–Crippen MR) is 162 cm³/mol. The molecular weight excluding hydrogens is 540 g/mol. The molecule has 2 amide bonds. The van der Waals surface area contributed by atoms with Crippen molar-refractivity contribution in [2.45, 2.75) is 114 Å². The first-order valence-corrected chi connectivity index (χ1v) is 17.6. The maximum atomic E-state index is 13.7. The van der Waals surface area contributed by atoms with Crippen LogP contribution >= 0.6 is 0 Å². The summed E-state index contributed by atoms with van der Waals surface area (Å²) in [7, 11) is -3.26. The van der Waals surface area contributed by atoms with Gasteiger partial charge >= 0.3 is 0 Å². The van der Waals surface area contributed by atoms with Gasteiger partial charge in [0.25, 0.3) is 0 Å². The average Bonchev–Trinajstić information content (AvgIpc) is 2.93. The zero-order valence-corrected chi connectivity index (χ0v) is 25.8. The number of unbranched alkanes of at least 4 members (excludes halogenated alkanes) is 3. The van der Waals surface area contributed by atoms with Crippen molar-refractivity contribution in [3.63, 3.8) is 0 Å². The average molecular weight is 591 g/mol. The topological polar surface area (TPSA) is 119 Å². The van der Waals surface area contributed by atoms with E-state index in [4.69, 9.17) is 0 Å². The second-order valence-electron chi connectivity index (χ2n) is 12.6. The van der Waals surface area contributed by atoms with Crippen molar-refractivity contribution in [3.05, 3.63) is 29.8 Å². The Kier molecular flexibility index (Phi) is 10.7. The summed E-state index contributed by atoms with van der Waals surface area (Å²) < 4.78 is 25.2. The normalized spacial score (nSPS) is 23.0. The lowest BCUT2D eigenvalue weighted by Gasteiger charge is -2.52. The molecule has 10 heteroatoms. The summed E-state index contributed by atoms with van der Waals surface area (Å²) in [5.74, 6) is -0.0411. The van der Waals surface area contributed by atoms with Crippen molar-refractivity contribution in [2.75, 3.05) is 37.2 Å². The van der Waals surface area contributed by atoms with E-state index in [1.165, 1.54) is 5.56 Å². The molecule has 3 fully saturated rings. The highest BCUT2D eigenvalue weighted by atomic mass is 32.2. The molecule has 0 unspecified atom stereocenters. The number of carbonyl (C=O) groups excluding carboxylic acids is 2. The molecule has 2 aliphatic heterocycles. The number of likely N-dealkylation sites (tertiary alicyclic amines) is 1. The van der Waals surface area contributed by atoms with E-state index in [-0.39, 0.29) is 11.8 Å². The van der Waals surface area contributed by atoms with Gasteiger partial charge in [-0.1, -0.05) is 51.2 Å². The lowest BCUT2D eigenvalue weighted by atomic mass is 9.77. The van der Waals surface area contributed by atoms with Crippen molar-refractivity contribution < 1.29 is 23.1 Å². The van der Waals surface area contributed by atoms with Gasteiger partial charge in [-0.15, -0.1) is 0 Å². The Bertz CT molecular complexity index is 1130. The Hall–Kier alpha value is -2.17. The summed E-state index contributed by atoms with van der Waals surface area (Å²) >= 11 is 0. The van der Waals surface area contributed by atoms with Gasteiger partial charge in [0.1, 0.15) is 11.6 Å². The summed E-state index contributed by atoms with van der Waals surface area (Å²) in [5.41, 5.74) is 0.150. The minimum atomic E-state index is -3.26. The third-order valence-electron chi connectivity index (χ3n) is 9.29. The molecule has 41 heavy (non-hydrogen) atoms. The second kappa shape index (κ2) is 13.9. The fourth-order valence-electron chi connectivity index (χ4n) is 6.89. The second-order valence-corrected chi connectivity index (χ2v) is 14.4. The Morgan fingerprint density at radius 1 is 0.951 bits per heavy atom. The molecule has 3 aliphatic rings. The number of benzene rings is 1. The van der Waals surface area contributed by atoms with Crippen LogP contribution in [-0.4, -0.2) is 84.8 Å². The number of hydrogen-bond acceptors (Lipinski definition) is 6. The third-order valence-corrected chi connectivity index (χ3v) is 9.90. The predicted octanol–water partition coefficient (Wildman–Crippen LogP) is 3.82. The molecule has 0 bridgehead atoms. The smallest absolute Gasteiger partial charge is 0.246 e. The first-order chi connectivity index (χ1) is 19.5. The fraction of sp³-hybridized carbons (Fsp3) is 0.742. The van der Waals surface area contributed by atoms with Crippen LogP contribution in [0.15, 0.2) is 24.3 Å². The van der Waals surface area contributed by atoms with E-state index in [1.807, 2.05) is 17.0 Å². The summed E-state index contributed by atoms with van der Waals surface area (Å²) in [6.45, 7) is 5.28. The number of nitrogens with zero attached hydrogens (tertiary/aromatic N) is 2. The van der Waals surface area contributed by atoms with Gasteiger partial charge in [-0.3, -0.25) is 14.3 Å². The molecule has 230 valence electrons. The first-order valence-electron chi connectivity index (χ1n) is 15.7. The number of piperidine rings is 1. The van der Waals surface area contributed by atoms with E-state index >= 15 is 0 Å². The highest BCUT2D eigenvalue weighted by Gasteiger charge is 2.54. The van der Waals surface area contributed by atoms with Gasteiger partial charge in [-0.05, 0) is 75.6 Å². The van der Waals surface area contributed by atoms with E-state index in [0.717, 1.165) is 83.7 Å². The molecule has 1 spiro atoms. The molecule has 3 N–H and O–H groups in total. The zero-order valence-electron chi connectivity index (χ0n) is 25.0. The van der Waals surface area contributed by atoms with E-state index in [0.29, 0.717) is 44.3 Å². The molecule has 2 saturated heterocycles. The van der Waals surface area contributed by atoms with Gasteiger partial charge in [-0.2, -0.15) is 0 Å². The number of aryl methyl sites for hydroxylation is 1. The number of piperazine rings is 1. The lowest BCUT2D eigenvalue weighted by Crippen LogP contribution is -2.73. The molecule has 9 nitrogen and oxygen atoms in total. The minimum absolute atomic E-state index is 0.00868. The van der Waals surface area contributed by atoms with E-state index in [9.17, 15) is 23.1 Å². The fourth-order valence-corrected chi connectivity index (χ4v) is 7.45. The van der Waals surface area contributed by atoms with Gasteiger partial charge in [-0.25, -0.2) is 8.42 Å².